The van der Waals surface area contributed by atoms with Crippen molar-refractivity contribution in [3.05, 3.63) is 45.9 Å². The number of benzene rings is 2. The number of hydrogen-bond donors (Lipinski definition) is 0. The average Bonchev–Trinajstić information content (AvgIpc) is 3.22. The van der Waals surface area contributed by atoms with Gasteiger partial charge in [-0.1, -0.05) is 48.4 Å². The van der Waals surface area contributed by atoms with Crippen LogP contribution in [0, 0.1) is 0 Å². The number of hydrogen-bond acceptors (Lipinski definition) is 6. The highest BCUT2D eigenvalue weighted by molar-refractivity contribution is 7.22. The van der Waals surface area contributed by atoms with Gasteiger partial charge in [-0.05, 0) is 43.4 Å². The topological polar surface area (TPSA) is 54.9 Å². The maximum atomic E-state index is 13.6. The molecule has 0 unspecified atom stereocenters. The summed E-state index contributed by atoms with van der Waals surface area (Å²) < 4.78 is 11.8. The lowest BCUT2D eigenvalue weighted by atomic mass is 10.2. The summed E-state index contributed by atoms with van der Waals surface area (Å²) in [6.45, 7) is 7.11. The summed E-state index contributed by atoms with van der Waals surface area (Å²) in [5, 5.41) is 1.34. The van der Waals surface area contributed by atoms with Gasteiger partial charge in [0.2, 0.25) is 0 Å². The summed E-state index contributed by atoms with van der Waals surface area (Å²) in [5.74, 6) is 1.04. The van der Waals surface area contributed by atoms with Crippen molar-refractivity contribution >= 4 is 68.2 Å². The van der Waals surface area contributed by atoms with E-state index in [1.54, 1.807) is 43.4 Å². The van der Waals surface area contributed by atoms with Crippen molar-refractivity contribution in [1.82, 2.24) is 9.88 Å². The first kappa shape index (κ1) is 26.5. The van der Waals surface area contributed by atoms with E-state index in [9.17, 15) is 4.79 Å². The standard InChI is InChI=1S/C22H25Cl2N3O3S.ClH/c1-5-26(6-2)11-12-27(21(28)15-13-14(23)7-8-16(15)24)22-25-19-17(29-3)9-10-18(30-4)20(19)31-22;/h7-10,13H,5-6,11-12H2,1-4H3;1H. The molecule has 0 spiro atoms. The van der Waals surface area contributed by atoms with Crippen LogP contribution in [0.4, 0.5) is 5.13 Å². The zero-order chi connectivity index (χ0) is 22.5. The maximum absolute atomic E-state index is 13.6. The Morgan fingerprint density at radius 2 is 1.69 bits per heavy atom. The molecule has 32 heavy (non-hydrogen) atoms. The fourth-order valence-electron chi connectivity index (χ4n) is 3.26. The van der Waals surface area contributed by atoms with Gasteiger partial charge in [-0.25, -0.2) is 4.98 Å². The molecule has 6 nitrogen and oxygen atoms in total. The summed E-state index contributed by atoms with van der Waals surface area (Å²) in [4.78, 5) is 22.2. The number of carbonyl (C=O) groups excluding carboxylic acids is 1. The van der Waals surface area contributed by atoms with Crippen molar-refractivity contribution in [2.24, 2.45) is 0 Å². The highest BCUT2D eigenvalue weighted by atomic mass is 35.5. The van der Waals surface area contributed by atoms with Crippen molar-refractivity contribution in [3.8, 4) is 11.5 Å². The molecule has 3 rings (SSSR count). The zero-order valence-electron chi connectivity index (χ0n) is 18.4. The van der Waals surface area contributed by atoms with E-state index in [-0.39, 0.29) is 18.3 Å². The van der Waals surface area contributed by atoms with Gasteiger partial charge in [-0.2, -0.15) is 0 Å². The molecule has 0 aliphatic heterocycles. The maximum Gasteiger partial charge on any atom is 0.261 e. The third-order valence-corrected chi connectivity index (χ3v) is 6.73. The van der Waals surface area contributed by atoms with E-state index in [1.165, 1.54) is 11.3 Å². The lowest BCUT2D eigenvalue weighted by Crippen LogP contribution is -2.39. The van der Waals surface area contributed by atoms with E-state index in [4.69, 9.17) is 37.7 Å². The summed E-state index contributed by atoms with van der Waals surface area (Å²) >= 11 is 13.9. The van der Waals surface area contributed by atoms with E-state index in [2.05, 4.69) is 18.7 Å². The second-order valence-electron chi connectivity index (χ2n) is 6.75. The number of methoxy groups -OCH3 is 2. The Kier molecular flexibility index (Phi) is 9.85. The number of fused-ring (bicyclic) bond motifs is 1. The van der Waals surface area contributed by atoms with E-state index >= 15 is 0 Å². The van der Waals surface area contributed by atoms with Crippen LogP contribution in [0.3, 0.4) is 0 Å². The summed E-state index contributed by atoms with van der Waals surface area (Å²) in [6.07, 6.45) is 0. The molecule has 0 aliphatic rings. The minimum atomic E-state index is -0.253. The van der Waals surface area contributed by atoms with Crippen LogP contribution >= 0.6 is 46.9 Å². The molecule has 0 fully saturated rings. The van der Waals surface area contributed by atoms with Crippen molar-refractivity contribution < 1.29 is 14.3 Å². The second kappa shape index (κ2) is 11.9. The van der Waals surface area contributed by atoms with Gasteiger partial charge >= 0.3 is 0 Å². The molecule has 1 aromatic heterocycles. The Labute approximate surface area is 208 Å². The monoisotopic (exact) mass is 517 g/mol. The molecule has 174 valence electrons. The van der Waals surface area contributed by atoms with Gasteiger partial charge in [0.05, 0.1) is 24.8 Å². The van der Waals surface area contributed by atoms with Gasteiger partial charge in [0, 0.05) is 18.1 Å². The van der Waals surface area contributed by atoms with Crippen LogP contribution in [0.15, 0.2) is 30.3 Å². The zero-order valence-corrected chi connectivity index (χ0v) is 21.5. The lowest BCUT2D eigenvalue weighted by Gasteiger charge is -2.25. The van der Waals surface area contributed by atoms with Gasteiger partial charge in [0.15, 0.2) is 5.13 Å². The number of ether oxygens (including phenoxy) is 2. The second-order valence-corrected chi connectivity index (χ2v) is 8.57. The van der Waals surface area contributed by atoms with Crippen LogP contribution in [0.25, 0.3) is 10.2 Å². The number of thiazole rings is 1. The molecule has 0 saturated carbocycles. The Balaban J connectivity index is 0.00000363. The molecule has 1 amide bonds. The fraction of sp³-hybridized carbons (Fsp3) is 0.364. The van der Waals surface area contributed by atoms with Crippen molar-refractivity contribution in [2.75, 3.05) is 45.3 Å². The first-order valence-corrected chi connectivity index (χ1v) is 11.5. The van der Waals surface area contributed by atoms with E-state index in [1.807, 2.05) is 6.07 Å². The lowest BCUT2D eigenvalue weighted by molar-refractivity contribution is 0.0984. The predicted octanol–water partition coefficient (Wildman–Crippen LogP) is 6.03. The van der Waals surface area contributed by atoms with Crippen LogP contribution in [-0.4, -0.2) is 56.2 Å². The highest BCUT2D eigenvalue weighted by Crippen LogP contribution is 2.40. The largest absolute Gasteiger partial charge is 0.495 e. The third kappa shape index (κ3) is 5.58. The first-order chi connectivity index (χ1) is 14.9. The van der Waals surface area contributed by atoms with E-state index in [0.717, 1.165) is 17.8 Å². The molecule has 3 aromatic rings. The summed E-state index contributed by atoms with van der Waals surface area (Å²) in [6, 6.07) is 8.52. The quantitative estimate of drug-likeness (QED) is 0.346. The minimum Gasteiger partial charge on any atom is -0.495 e. The molecule has 0 radical (unpaired) electrons. The molecule has 0 saturated heterocycles. The number of rotatable bonds is 9. The van der Waals surface area contributed by atoms with Gasteiger partial charge in [-0.15, -0.1) is 12.4 Å². The number of amides is 1. The van der Waals surface area contributed by atoms with Gasteiger partial charge in [0.25, 0.3) is 5.91 Å². The molecule has 0 bridgehead atoms. The number of aromatic nitrogens is 1. The molecule has 10 heteroatoms. The van der Waals surface area contributed by atoms with Gasteiger partial charge in [0.1, 0.15) is 21.7 Å². The smallest absolute Gasteiger partial charge is 0.261 e. The van der Waals surface area contributed by atoms with Crippen LogP contribution in [0.2, 0.25) is 10.0 Å². The van der Waals surface area contributed by atoms with Crippen LogP contribution in [0.1, 0.15) is 24.2 Å². The average molecular weight is 519 g/mol. The molecular weight excluding hydrogens is 493 g/mol. The molecule has 2 aromatic carbocycles. The van der Waals surface area contributed by atoms with Gasteiger partial charge < -0.3 is 14.4 Å². The fourth-order valence-corrected chi connectivity index (χ4v) is 4.73. The molecule has 0 aliphatic carbocycles. The van der Waals surface area contributed by atoms with E-state index < -0.39 is 0 Å². The SMILES string of the molecule is CCN(CC)CCN(C(=O)c1cc(Cl)ccc1Cl)c1nc2c(OC)ccc(OC)c2s1.Cl. The number of carbonyl (C=O) groups is 1. The molecule has 0 N–H and O–H groups in total. The minimum absolute atomic E-state index is 0. The summed E-state index contributed by atoms with van der Waals surface area (Å²) in [7, 11) is 3.20. The highest BCUT2D eigenvalue weighted by Gasteiger charge is 2.25. The Hall–Kier alpha value is -1.77. The van der Waals surface area contributed by atoms with Crippen LogP contribution in [0.5, 0.6) is 11.5 Å². The van der Waals surface area contributed by atoms with Crippen LogP contribution < -0.4 is 14.4 Å². The normalized spacial score (nSPS) is 10.8. The van der Waals surface area contributed by atoms with Crippen LogP contribution in [-0.2, 0) is 0 Å². The summed E-state index contributed by atoms with van der Waals surface area (Å²) in [5.41, 5.74) is 0.992. The third-order valence-electron chi connectivity index (χ3n) is 5.07. The predicted molar refractivity (Wildman–Crippen MR) is 136 cm³/mol. The number of nitrogens with zero attached hydrogens (tertiary/aromatic N) is 3. The molecular formula is C22H26Cl3N3O3S. The Morgan fingerprint density at radius 3 is 2.31 bits per heavy atom. The van der Waals surface area contributed by atoms with Crippen molar-refractivity contribution in [2.45, 2.75) is 13.8 Å². The van der Waals surface area contributed by atoms with Gasteiger partial charge in [-0.3, -0.25) is 9.69 Å². The number of halogens is 3. The Bertz CT molecular complexity index is 1030. The first-order valence-electron chi connectivity index (χ1n) is 9.94. The molecule has 0 atom stereocenters. The Morgan fingerprint density at radius 1 is 1.03 bits per heavy atom. The molecule has 1 heterocycles. The van der Waals surface area contributed by atoms with Crippen molar-refractivity contribution in [3.63, 3.8) is 0 Å². The van der Waals surface area contributed by atoms with Crippen molar-refractivity contribution in [1.29, 1.82) is 0 Å². The number of likely N-dealkylation sites (N-methyl/N-ethyl adjacent to an activating group) is 1. The number of anilines is 1. The van der Waals surface area contributed by atoms with E-state index in [0.29, 0.717) is 50.8 Å².